The molecule has 16 heavy (non-hydrogen) atoms. The van der Waals surface area contributed by atoms with Gasteiger partial charge in [-0.2, -0.15) is 0 Å². The fourth-order valence-electron chi connectivity index (χ4n) is 1.87. The highest BCUT2D eigenvalue weighted by Crippen LogP contribution is 2.22. The molecule has 4 heteroatoms. The lowest BCUT2D eigenvalue weighted by Crippen LogP contribution is -2.36. The minimum Gasteiger partial charge on any atom is -0.398 e. The number of ketones is 1. The number of nitrogens with two attached hydrogens (primary N) is 1. The van der Waals surface area contributed by atoms with Crippen LogP contribution >= 0.6 is 0 Å². The Hall–Kier alpha value is -1.55. The molecule has 0 radical (unpaired) electrons. The van der Waals surface area contributed by atoms with Crippen molar-refractivity contribution in [3.63, 3.8) is 0 Å². The highest BCUT2D eigenvalue weighted by molar-refractivity contribution is 6.00. The molecule has 4 nitrogen and oxygen atoms in total. The maximum absolute atomic E-state index is 11.4. The minimum atomic E-state index is 0.00705. The quantitative estimate of drug-likeness (QED) is 0.603. The summed E-state index contributed by atoms with van der Waals surface area (Å²) >= 11 is 0. The molecule has 0 spiro atoms. The Bertz CT molecular complexity index is 398. The van der Waals surface area contributed by atoms with Crippen LogP contribution in [0.5, 0.6) is 0 Å². The summed E-state index contributed by atoms with van der Waals surface area (Å²) in [5, 5.41) is 0. The Morgan fingerprint density at radius 3 is 2.69 bits per heavy atom. The van der Waals surface area contributed by atoms with Gasteiger partial charge >= 0.3 is 0 Å². The highest BCUT2D eigenvalue weighted by atomic mass is 16.5. The number of ether oxygens (including phenoxy) is 1. The average Bonchev–Trinajstić information content (AvgIpc) is 2.30. The summed E-state index contributed by atoms with van der Waals surface area (Å²) in [4.78, 5) is 13.6. The normalized spacial score (nSPS) is 16.2. The zero-order chi connectivity index (χ0) is 11.5. The van der Waals surface area contributed by atoms with Crippen molar-refractivity contribution >= 4 is 17.2 Å². The van der Waals surface area contributed by atoms with E-state index in [-0.39, 0.29) is 5.78 Å². The third-order valence-corrected chi connectivity index (χ3v) is 2.79. The number of nitrogens with zero attached hydrogens (tertiary/aromatic N) is 1. The van der Waals surface area contributed by atoms with E-state index in [0.717, 1.165) is 32.0 Å². The summed E-state index contributed by atoms with van der Waals surface area (Å²) in [6.07, 6.45) is 0. The predicted molar refractivity (Wildman–Crippen MR) is 63.9 cm³/mol. The summed E-state index contributed by atoms with van der Waals surface area (Å²) < 4.78 is 5.29. The zero-order valence-electron chi connectivity index (χ0n) is 9.40. The molecule has 0 unspecified atom stereocenters. The van der Waals surface area contributed by atoms with Gasteiger partial charge < -0.3 is 15.4 Å². The van der Waals surface area contributed by atoms with Gasteiger partial charge in [0, 0.05) is 30.0 Å². The summed E-state index contributed by atoms with van der Waals surface area (Å²) in [5.41, 5.74) is 7.95. The van der Waals surface area contributed by atoms with Gasteiger partial charge in [-0.25, -0.2) is 0 Å². The van der Waals surface area contributed by atoms with Crippen molar-refractivity contribution in [3.05, 3.63) is 23.8 Å². The lowest BCUT2D eigenvalue weighted by atomic mass is 10.1. The summed E-state index contributed by atoms with van der Waals surface area (Å²) in [7, 11) is 0. The van der Waals surface area contributed by atoms with Crippen molar-refractivity contribution in [2.24, 2.45) is 0 Å². The first-order valence-electron chi connectivity index (χ1n) is 5.41. The second-order valence-electron chi connectivity index (χ2n) is 3.93. The summed E-state index contributed by atoms with van der Waals surface area (Å²) in [5.74, 6) is 0.00705. The topological polar surface area (TPSA) is 55.6 Å². The van der Waals surface area contributed by atoms with Gasteiger partial charge in [0.05, 0.1) is 13.2 Å². The second-order valence-corrected chi connectivity index (χ2v) is 3.93. The third kappa shape index (κ3) is 2.17. The van der Waals surface area contributed by atoms with Crippen LogP contribution in [0.25, 0.3) is 0 Å². The van der Waals surface area contributed by atoms with Crippen molar-refractivity contribution in [3.8, 4) is 0 Å². The van der Waals surface area contributed by atoms with Crippen LogP contribution in [0.3, 0.4) is 0 Å². The smallest absolute Gasteiger partial charge is 0.161 e. The van der Waals surface area contributed by atoms with E-state index in [1.165, 1.54) is 6.92 Å². The van der Waals surface area contributed by atoms with Crippen LogP contribution in [0.2, 0.25) is 0 Å². The molecule has 86 valence electrons. The van der Waals surface area contributed by atoms with Crippen molar-refractivity contribution in [2.45, 2.75) is 6.92 Å². The highest BCUT2D eigenvalue weighted by Gasteiger charge is 2.13. The fourth-order valence-corrected chi connectivity index (χ4v) is 1.87. The number of nitrogen functional groups attached to an aromatic ring is 1. The Kier molecular flexibility index (Phi) is 3.10. The Labute approximate surface area is 95.0 Å². The number of anilines is 2. The molecule has 0 aliphatic carbocycles. The molecule has 1 fully saturated rings. The Morgan fingerprint density at radius 1 is 1.38 bits per heavy atom. The van der Waals surface area contributed by atoms with Crippen LogP contribution in [-0.2, 0) is 4.74 Å². The van der Waals surface area contributed by atoms with Crippen molar-refractivity contribution in [1.82, 2.24) is 0 Å². The van der Waals surface area contributed by atoms with Gasteiger partial charge in [-0.3, -0.25) is 4.79 Å². The number of carbonyl (C=O) groups is 1. The van der Waals surface area contributed by atoms with Gasteiger partial charge in [-0.15, -0.1) is 0 Å². The van der Waals surface area contributed by atoms with Gasteiger partial charge in [-0.05, 0) is 25.1 Å². The predicted octanol–water partition coefficient (Wildman–Crippen LogP) is 1.31. The van der Waals surface area contributed by atoms with E-state index in [9.17, 15) is 4.79 Å². The van der Waals surface area contributed by atoms with Crippen LogP contribution in [0.15, 0.2) is 18.2 Å². The molecule has 2 N–H and O–H groups in total. The van der Waals surface area contributed by atoms with Crippen molar-refractivity contribution in [1.29, 1.82) is 0 Å². The number of hydrogen-bond acceptors (Lipinski definition) is 4. The number of hydrogen-bond donors (Lipinski definition) is 1. The SMILES string of the molecule is CC(=O)c1cc(N2CCOCC2)ccc1N. The van der Waals surface area contributed by atoms with E-state index in [1.54, 1.807) is 6.07 Å². The molecule has 0 bridgehead atoms. The second kappa shape index (κ2) is 4.53. The molecule has 1 aliphatic rings. The maximum Gasteiger partial charge on any atom is 0.161 e. The van der Waals surface area contributed by atoms with E-state index in [4.69, 9.17) is 10.5 Å². The van der Waals surface area contributed by atoms with Crippen molar-refractivity contribution in [2.75, 3.05) is 36.9 Å². The molecule has 0 saturated carbocycles. The van der Waals surface area contributed by atoms with Crippen LogP contribution < -0.4 is 10.6 Å². The van der Waals surface area contributed by atoms with E-state index < -0.39 is 0 Å². The van der Waals surface area contributed by atoms with E-state index >= 15 is 0 Å². The molecule has 0 amide bonds. The first kappa shape index (κ1) is 11.0. The zero-order valence-corrected chi connectivity index (χ0v) is 9.40. The molecular weight excluding hydrogens is 204 g/mol. The van der Waals surface area contributed by atoms with Gasteiger partial charge in [-0.1, -0.05) is 0 Å². The molecule has 1 aliphatic heterocycles. The van der Waals surface area contributed by atoms with Crippen LogP contribution in [0.4, 0.5) is 11.4 Å². The first-order valence-corrected chi connectivity index (χ1v) is 5.41. The summed E-state index contributed by atoms with van der Waals surface area (Å²) in [6, 6.07) is 5.61. The molecule has 2 rings (SSSR count). The lowest BCUT2D eigenvalue weighted by Gasteiger charge is -2.29. The molecule has 1 aromatic carbocycles. The fraction of sp³-hybridized carbons (Fsp3) is 0.417. The standard InChI is InChI=1S/C12H16N2O2/c1-9(15)11-8-10(2-3-12(11)13)14-4-6-16-7-5-14/h2-3,8H,4-7,13H2,1H3. The minimum absolute atomic E-state index is 0.00705. The van der Waals surface area contributed by atoms with Gasteiger partial charge in [0.25, 0.3) is 0 Å². The summed E-state index contributed by atoms with van der Waals surface area (Å²) in [6.45, 7) is 4.73. The largest absolute Gasteiger partial charge is 0.398 e. The number of morpholine rings is 1. The maximum atomic E-state index is 11.4. The number of rotatable bonds is 2. The van der Waals surface area contributed by atoms with Gasteiger partial charge in [0.15, 0.2) is 5.78 Å². The van der Waals surface area contributed by atoms with Crippen LogP contribution in [0, 0.1) is 0 Å². The number of Topliss-reactive ketones (excluding diaryl/α,β-unsaturated/α-hetero) is 1. The van der Waals surface area contributed by atoms with E-state index in [1.807, 2.05) is 12.1 Å². The Balaban J connectivity index is 2.27. The first-order chi connectivity index (χ1) is 7.68. The van der Waals surface area contributed by atoms with Gasteiger partial charge in [0.2, 0.25) is 0 Å². The number of benzene rings is 1. The lowest BCUT2D eigenvalue weighted by molar-refractivity contribution is 0.101. The average molecular weight is 220 g/mol. The molecule has 1 aromatic rings. The van der Waals surface area contributed by atoms with E-state index in [2.05, 4.69) is 4.90 Å². The molecule has 0 atom stereocenters. The van der Waals surface area contributed by atoms with Crippen molar-refractivity contribution < 1.29 is 9.53 Å². The van der Waals surface area contributed by atoms with Gasteiger partial charge in [0.1, 0.15) is 0 Å². The molecular formula is C12H16N2O2. The number of carbonyl (C=O) groups excluding carboxylic acids is 1. The Morgan fingerprint density at radius 2 is 2.06 bits per heavy atom. The molecule has 1 saturated heterocycles. The third-order valence-electron chi connectivity index (χ3n) is 2.79. The molecule has 1 heterocycles. The van der Waals surface area contributed by atoms with Crippen LogP contribution in [0.1, 0.15) is 17.3 Å². The van der Waals surface area contributed by atoms with E-state index in [0.29, 0.717) is 11.3 Å². The van der Waals surface area contributed by atoms with Crippen LogP contribution in [-0.4, -0.2) is 32.1 Å². The monoisotopic (exact) mass is 220 g/mol. The molecule has 0 aromatic heterocycles.